The topological polar surface area (TPSA) is 76.4 Å². The van der Waals surface area contributed by atoms with Crippen molar-refractivity contribution in [2.24, 2.45) is 17.8 Å². The molecule has 1 saturated carbocycles. The molecule has 2 aliphatic heterocycles. The average molecular weight is 607 g/mol. The van der Waals surface area contributed by atoms with E-state index in [0.29, 0.717) is 35.1 Å². The molecule has 42 heavy (non-hydrogen) atoms. The van der Waals surface area contributed by atoms with Crippen molar-refractivity contribution in [1.29, 1.82) is 0 Å². The highest BCUT2D eigenvalue weighted by molar-refractivity contribution is 6.30. The molecule has 2 aromatic heterocycles. The summed E-state index contributed by atoms with van der Waals surface area (Å²) in [6, 6.07) is 4.48. The number of carbonyl (C=O) groups excluding carboxylic acids is 1. The highest BCUT2D eigenvalue weighted by atomic mass is 35.5. The van der Waals surface area contributed by atoms with E-state index in [1.54, 1.807) is 18.5 Å². The minimum absolute atomic E-state index is 0.0459. The fourth-order valence-corrected chi connectivity index (χ4v) is 6.24. The number of nitrogens with zero attached hydrogens (tertiary/aromatic N) is 6. The average Bonchev–Trinajstić information content (AvgIpc) is 3.60. The van der Waals surface area contributed by atoms with Gasteiger partial charge in [-0.1, -0.05) is 17.7 Å². The lowest BCUT2D eigenvalue weighted by Gasteiger charge is -2.32. The van der Waals surface area contributed by atoms with Crippen molar-refractivity contribution >= 4 is 23.5 Å². The van der Waals surface area contributed by atoms with Crippen LogP contribution in [0.5, 0.6) is 5.75 Å². The second-order valence-electron chi connectivity index (χ2n) is 11.3. The zero-order valence-corrected chi connectivity index (χ0v) is 23.6. The molecule has 13 heteroatoms. The third-order valence-corrected chi connectivity index (χ3v) is 8.78. The van der Waals surface area contributed by atoms with E-state index < -0.39 is 17.7 Å². The van der Waals surface area contributed by atoms with Crippen molar-refractivity contribution in [3.8, 4) is 5.75 Å². The first-order chi connectivity index (χ1) is 20.1. The van der Waals surface area contributed by atoms with Crippen LogP contribution in [-0.4, -0.2) is 56.6 Å². The Morgan fingerprint density at radius 3 is 2.57 bits per heavy atom. The highest BCUT2D eigenvalue weighted by Gasteiger charge is 2.43. The van der Waals surface area contributed by atoms with E-state index in [-0.39, 0.29) is 43.4 Å². The van der Waals surface area contributed by atoms with Crippen molar-refractivity contribution in [1.82, 2.24) is 24.4 Å². The molecule has 1 aromatic carbocycles. The van der Waals surface area contributed by atoms with E-state index >= 15 is 0 Å². The molecule has 2 atom stereocenters. The van der Waals surface area contributed by atoms with Gasteiger partial charge in [-0.3, -0.25) is 4.79 Å². The number of fused-ring (bicyclic) bond motifs is 1. The van der Waals surface area contributed by atoms with Crippen LogP contribution in [0.3, 0.4) is 0 Å². The monoisotopic (exact) mass is 606 g/mol. The molecule has 2 fully saturated rings. The second-order valence-corrected chi connectivity index (χ2v) is 11.7. The summed E-state index contributed by atoms with van der Waals surface area (Å²) in [6.07, 6.45) is 3.79. The smallest absolute Gasteiger partial charge is 0.434 e. The summed E-state index contributed by atoms with van der Waals surface area (Å²) in [7, 11) is 0. The maximum Gasteiger partial charge on any atom is 0.434 e. The summed E-state index contributed by atoms with van der Waals surface area (Å²) in [5, 5.41) is 0.531. The summed E-state index contributed by atoms with van der Waals surface area (Å²) >= 11 is 5.89. The molecular weight excluding hydrogens is 576 g/mol. The number of amides is 1. The van der Waals surface area contributed by atoms with Crippen LogP contribution in [0, 0.1) is 23.6 Å². The predicted octanol–water partition coefficient (Wildman–Crippen LogP) is 5.39. The molecular formula is C29H31ClF4N6O2. The Labute approximate surface area is 245 Å². The Morgan fingerprint density at radius 2 is 1.86 bits per heavy atom. The Morgan fingerprint density at radius 1 is 1.10 bits per heavy atom. The van der Waals surface area contributed by atoms with Gasteiger partial charge in [0.15, 0.2) is 5.69 Å². The molecule has 1 unspecified atom stereocenters. The van der Waals surface area contributed by atoms with E-state index in [0.717, 1.165) is 44.5 Å². The fraction of sp³-hybridized carbons (Fsp3) is 0.517. The molecule has 3 aliphatic rings. The summed E-state index contributed by atoms with van der Waals surface area (Å²) < 4.78 is 60.9. The zero-order valence-electron chi connectivity index (χ0n) is 22.9. The first-order valence-corrected chi connectivity index (χ1v) is 14.6. The quantitative estimate of drug-likeness (QED) is 0.320. The number of carbonyl (C=O) groups is 1. The number of alkyl halides is 3. The van der Waals surface area contributed by atoms with E-state index in [2.05, 4.69) is 19.9 Å². The molecule has 0 radical (unpaired) electrons. The van der Waals surface area contributed by atoms with Crippen molar-refractivity contribution < 1.29 is 27.1 Å². The number of benzene rings is 1. The zero-order chi connectivity index (χ0) is 29.4. The third-order valence-electron chi connectivity index (χ3n) is 8.58. The molecule has 0 bridgehead atoms. The number of rotatable bonds is 8. The van der Waals surface area contributed by atoms with Gasteiger partial charge in [-0.05, 0) is 55.1 Å². The largest absolute Gasteiger partial charge is 0.493 e. The Bertz CT molecular complexity index is 1420. The Hall–Kier alpha value is -3.41. The standard InChI is InChI=1S/C29H31ClF4N6O2/c30-21-14-35-28(36-15-21)38-6-3-18(4-7-38)23-11-19(23)5-10-42-22-2-1-20(24(31)13-22)12-27(41)40-9-8-39-16-25(29(32,33)34)37-26(39)17-40/h1-2,13-16,18-19,23H,3-12,17H2/t19?,23-/m1/s1. The van der Waals surface area contributed by atoms with Gasteiger partial charge in [0, 0.05) is 38.4 Å². The second kappa shape index (κ2) is 11.7. The number of ether oxygens (including phenoxy) is 1. The van der Waals surface area contributed by atoms with Gasteiger partial charge in [0.1, 0.15) is 17.4 Å². The number of halogens is 5. The van der Waals surface area contributed by atoms with Crippen molar-refractivity contribution in [2.75, 3.05) is 31.1 Å². The van der Waals surface area contributed by atoms with E-state index in [9.17, 15) is 22.4 Å². The Balaban J connectivity index is 0.929. The summed E-state index contributed by atoms with van der Waals surface area (Å²) in [5.41, 5.74) is -0.758. The molecule has 4 heterocycles. The van der Waals surface area contributed by atoms with Gasteiger partial charge in [0.05, 0.1) is 37.0 Å². The summed E-state index contributed by atoms with van der Waals surface area (Å²) in [6.45, 7) is 2.76. The number of hydrogen-bond acceptors (Lipinski definition) is 6. The van der Waals surface area contributed by atoms with Gasteiger partial charge in [-0.2, -0.15) is 13.2 Å². The van der Waals surface area contributed by atoms with Gasteiger partial charge in [0.25, 0.3) is 0 Å². The molecule has 6 rings (SSSR count). The number of imidazole rings is 1. The van der Waals surface area contributed by atoms with Crippen molar-refractivity contribution in [2.45, 2.75) is 51.4 Å². The molecule has 3 aromatic rings. The minimum atomic E-state index is -4.54. The SMILES string of the molecule is O=C(Cc1ccc(OCCC2C[C@@H]2C2CCN(c3ncc(Cl)cn3)CC2)cc1F)N1CCn2cc(C(F)(F)F)nc2C1. The summed E-state index contributed by atoms with van der Waals surface area (Å²) in [4.78, 5) is 28.7. The maximum atomic E-state index is 14.8. The van der Waals surface area contributed by atoms with Gasteiger partial charge in [-0.15, -0.1) is 0 Å². The number of piperidine rings is 1. The van der Waals surface area contributed by atoms with Crippen LogP contribution in [0.2, 0.25) is 5.02 Å². The fourth-order valence-electron chi connectivity index (χ4n) is 6.14. The first kappa shape index (κ1) is 28.7. The molecule has 1 aliphatic carbocycles. The van der Waals surface area contributed by atoms with Crippen molar-refractivity contribution in [3.63, 3.8) is 0 Å². The van der Waals surface area contributed by atoms with Crippen molar-refractivity contribution in [3.05, 3.63) is 64.7 Å². The van der Waals surface area contributed by atoms with Gasteiger partial charge < -0.3 is 19.1 Å². The molecule has 1 amide bonds. The number of hydrogen-bond donors (Lipinski definition) is 0. The van der Waals surface area contributed by atoms with Crippen LogP contribution in [0.15, 0.2) is 36.8 Å². The van der Waals surface area contributed by atoms with Crippen LogP contribution in [-0.2, 0) is 30.5 Å². The first-order valence-electron chi connectivity index (χ1n) is 14.2. The van der Waals surface area contributed by atoms with E-state index in [1.165, 1.54) is 28.0 Å². The van der Waals surface area contributed by atoms with E-state index in [1.807, 2.05) is 0 Å². The normalized spacial score (nSPS) is 20.9. The van der Waals surface area contributed by atoms with Gasteiger partial charge in [0.2, 0.25) is 11.9 Å². The molecule has 8 nitrogen and oxygen atoms in total. The van der Waals surface area contributed by atoms with Crippen LogP contribution < -0.4 is 9.64 Å². The predicted molar refractivity (Wildman–Crippen MR) is 146 cm³/mol. The lowest BCUT2D eigenvalue weighted by molar-refractivity contribution is -0.141. The third kappa shape index (κ3) is 6.48. The molecule has 1 saturated heterocycles. The van der Waals surface area contributed by atoms with Gasteiger partial charge >= 0.3 is 6.18 Å². The minimum Gasteiger partial charge on any atom is -0.493 e. The van der Waals surface area contributed by atoms with Crippen LogP contribution in [0.25, 0.3) is 0 Å². The number of aromatic nitrogens is 4. The number of anilines is 1. The van der Waals surface area contributed by atoms with Crippen LogP contribution in [0.4, 0.5) is 23.5 Å². The lowest BCUT2D eigenvalue weighted by Crippen LogP contribution is -2.39. The van der Waals surface area contributed by atoms with Crippen LogP contribution >= 0.6 is 11.6 Å². The lowest BCUT2D eigenvalue weighted by atomic mass is 9.90. The maximum absolute atomic E-state index is 14.8. The molecule has 0 N–H and O–H groups in total. The van der Waals surface area contributed by atoms with E-state index in [4.69, 9.17) is 16.3 Å². The molecule has 0 spiro atoms. The Kier molecular flexibility index (Phi) is 7.99. The molecule has 224 valence electrons. The summed E-state index contributed by atoms with van der Waals surface area (Å²) in [5.74, 6) is 2.39. The van der Waals surface area contributed by atoms with Crippen LogP contribution in [0.1, 0.15) is 42.8 Å². The van der Waals surface area contributed by atoms with Gasteiger partial charge in [-0.25, -0.2) is 19.3 Å². The highest BCUT2D eigenvalue weighted by Crippen LogP contribution is 2.50.